The smallest absolute Gasteiger partial charge is 0.0841 e. The predicted octanol–water partition coefficient (Wildman–Crippen LogP) is 3.38. The third kappa shape index (κ3) is 2.88. The van der Waals surface area contributed by atoms with Crippen LogP contribution >= 0.6 is 0 Å². The summed E-state index contributed by atoms with van der Waals surface area (Å²) in [7, 11) is 3.78. The Morgan fingerprint density at radius 1 is 1.29 bits per heavy atom. The third-order valence-corrected chi connectivity index (χ3v) is 3.93. The van der Waals surface area contributed by atoms with E-state index in [0.717, 1.165) is 6.42 Å². The maximum atomic E-state index is 5.70. The minimum atomic E-state index is -0.170. The van der Waals surface area contributed by atoms with Crippen molar-refractivity contribution >= 4 is 0 Å². The number of hydrogen-bond acceptors (Lipinski definition) is 2. The van der Waals surface area contributed by atoms with Crippen molar-refractivity contribution in [3.8, 4) is 0 Å². The van der Waals surface area contributed by atoms with Gasteiger partial charge in [0.25, 0.3) is 0 Å². The van der Waals surface area contributed by atoms with E-state index in [0.29, 0.717) is 0 Å². The molecule has 2 heteroatoms. The summed E-state index contributed by atoms with van der Waals surface area (Å²) < 4.78 is 5.70. The van der Waals surface area contributed by atoms with Crippen LogP contribution in [0.15, 0.2) is 18.2 Å². The molecule has 1 N–H and O–H groups in total. The second kappa shape index (κ2) is 5.65. The molecule has 0 aliphatic heterocycles. The summed E-state index contributed by atoms with van der Waals surface area (Å²) in [5.74, 6) is 0. The first-order valence-electron chi connectivity index (χ1n) is 6.28. The Kier molecular flexibility index (Phi) is 4.72. The molecule has 0 saturated heterocycles. The third-order valence-electron chi connectivity index (χ3n) is 3.93. The lowest BCUT2D eigenvalue weighted by molar-refractivity contribution is -0.0280. The average molecular weight is 235 g/mol. The molecule has 0 fully saturated rings. The Labute approximate surface area is 105 Å². The fourth-order valence-electron chi connectivity index (χ4n) is 2.24. The molecule has 1 rings (SSSR count). The molecule has 0 aliphatic rings. The Balaban J connectivity index is 3.13. The summed E-state index contributed by atoms with van der Waals surface area (Å²) in [6.45, 7) is 8.61. The largest absolute Gasteiger partial charge is 0.377 e. The van der Waals surface area contributed by atoms with E-state index in [1.54, 1.807) is 7.11 Å². The van der Waals surface area contributed by atoms with Gasteiger partial charge in [0, 0.05) is 7.11 Å². The quantitative estimate of drug-likeness (QED) is 0.844. The van der Waals surface area contributed by atoms with Crippen LogP contribution in [0.1, 0.15) is 43.0 Å². The van der Waals surface area contributed by atoms with Crippen LogP contribution in [0.4, 0.5) is 0 Å². The van der Waals surface area contributed by atoms with Crippen LogP contribution in [0.2, 0.25) is 0 Å². The SMILES string of the molecule is CCC(C)(OC)C(NC)c1ccc(C)c(C)c1. The summed E-state index contributed by atoms with van der Waals surface area (Å²) in [6, 6.07) is 6.84. The zero-order chi connectivity index (χ0) is 13.1. The summed E-state index contributed by atoms with van der Waals surface area (Å²) in [5.41, 5.74) is 3.79. The van der Waals surface area contributed by atoms with Crippen molar-refractivity contribution in [3.63, 3.8) is 0 Å². The van der Waals surface area contributed by atoms with Gasteiger partial charge in [0.2, 0.25) is 0 Å². The van der Waals surface area contributed by atoms with Crippen LogP contribution in [-0.4, -0.2) is 19.8 Å². The summed E-state index contributed by atoms with van der Waals surface area (Å²) >= 11 is 0. The molecule has 17 heavy (non-hydrogen) atoms. The zero-order valence-electron chi connectivity index (χ0n) is 11.9. The minimum Gasteiger partial charge on any atom is -0.377 e. The highest BCUT2D eigenvalue weighted by Crippen LogP contribution is 2.32. The van der Waals surface area contributed by atoms with Gasteiger partial charge in [-0.05, 0) is 50.9 Å². The molecule has 0 aliphatic carbocycles. The molecule has 0 radical (unpaired) electrons. The van der Waals surface area contributed by atoms with E-state index < -0.39 is 0 Å². The molecule has 0 heterocycles. The van der Waals surface area contributed by atoms with E-state index >= 15 is 0 Å². The van der Waals surface area contributed by atoms with Gasteiger partial charge in [0.15, 0.2) is 0 Å². The first kappa shape index (κ1) is 14.2. The van der Waals surface area contributed by atoms with Crippen LogP contribution in [0, 0.1) is 13.8 Å². The fraction of sp³-hybridized carbons (Fsp3) is 0.600. The van der Waals surface area contributed by atoms with Gasteiger partial charge in [0.05, 0.1) is 11.6 Å². The highest BCUT2D eigenvalue weighted by Gasteiger charge is 2.32. The lowest BCUT2D eigenvalue weighted by Crippen LogP contribution is -2.41. The summed E-state index contributed by atoms with van der Waals surface area (Å²) in [6.07, 6.45) is 0.974. The molecular formula is C15H25NO. The maximum Gasteiger partial charge on any atom is 0.0841 e. The Morgan fingerprint density at radius 3 is 2.35 bits per heavy atom. The van der Waals surface area contributed by atoms with Crippen LogP contribution < -0.4 is 5.32 Å². The highest BCUT2D eigenvalue weighted by atomic mass is 16.5. The van der Waals surface area contributed by atoms with Crippen LogP contribution in [-0.2, 0) is 4.74 Å². The van der Waals surface area contributed by atoms with Crippen LogP contribution in [0.5, 0.6) is 0 Å². The Hall–Kier alpha value is -0.860. The molecule has 2 atom stereocenters. The summed E-state index contributed by atoms with van der Waals surface area (Å²) in [5, 5.41) is 3.38. The number of ether oxygens (including phenoxy) is 1. The molecule has 0 aromatic heterocycles. The van der Waals surface area contributed by atoms with Crippen molar-refractivity contribution in [2.45, 2.75) is 45.8 Å². The average Bonchev–Trinajstić information content (AvgIpc) is 2.34. The highest BCUT2D eigenvalue weighted by molar-refractivity contribution is 5.33. The monoisotopic (exact) mass is 235 g/mol. The molecular weight excluding hydrogens is 210 g/mol. The number of nitrogens with one attached hydrogen (secondary N) is 1. The van der Waals surface area contributed by atoms with Gasteiger partial charge in [0.1, 0.15) is 0 Å². The van der Waals surface area contributed by atoms with Crippen LogP contribution in [0.3, 0.4) is 0 Å². The van der Waals surface area contributed by atoms with Crippen molar-refractivity contribution < 1.29 is 4.74 Å². The minimum absolute atomic E-state index is 0.170. The number of rotatable bonds is 5. The number of methoxy groups -OCH3 is 1. The van der Waals surface area contributed by atoms with E-state index in [4.69, 9.17) is 4.74 Å². The topological polar surface area (TPSA) is 21.3 Å². The molecule has 1 aromatic rings. The van der Waals surface area contributed by atoms with Gasteiger partial charge in [-0.15, -0.1) is 0 Å². The lowest BCUT2D eigenvalue weighted by Gasteiger charge is -2.36. The molecule has 0 spiro atoms. The van der Waals surface area contributed by atoms with Gasteiger partial charge in [-0.3, -0.25) is 0 Å². The van der Waals surface area contributed by atoms with E-state index in [1.807, 2.05) is 7.05 Å². The standard InChI is InChI=1S/C15H25NO/c1-7-15(4,17-6)14(16-5)13-9-8-11(2)12(3)10-13/h8-10,14,16H,7H2,1-6H3. The number of hydrogen-bond donors (Lipinski definition) is 1. The first-order valence-corrected chi connectivity index (χ1v) is 6.28. The molecule has 2 nitrogen and oxygen atoms in total. The number of benzene rings is 1. The van der Waals surface area contributed by atoms with Crippen molar-refractivity contribution in [2.75, 3.05) is 14.2 Å². The predicted molar refractivity (Wildman–Crippen MR) is 73.4 cm³/mol. The molecule has 0 bridgehead atoms. The number of likely N-dealkylation sites (N-methyl/N-ethyl adjacent to an activating group) is 1. The van der Waals surface area contributed by atoms with E-state index in [1.165, 1.54) is 16.7 Å². The van der Waals surface area contributed by atoms with Gasteiger partial charge in [-0.25, -0.2) is 0 Å². The van der Waals surface area contributed by atoms with Crippen molar-refractivity contribution in [2.24, 2.45) is 0 Å². The van der Waals surface area contributed by atoms with E-state index in [2.05, 4.69) is 51.2 Å². The van der Waals surface area contributed by atoms with Gasteiger partial charge >= 0.3 is 0 Å². The van der Waals surface area contributed by atoms with Crippen molar-refractivity contribution in [1.82, 2.24) is 5.32 Å². The van der Waals surface area contributed by atoms with Crippen molar-refractivity contribution in [1.29, 1.82) is 0 Å². The second-order valence-electron chi connectivity index (χ2n) is 4.94. The van der Waals surface area contributed by atoms with Crippen LogP contribution in [0.25, 0.3) is 0 Å². The first-order chi connectivity index (χ1) is 7.98. The number of aryl methyl sites for hydroxylation is 2. The van der Waals surface area contributed by atoms with E-state index in [9.17, 15) is 0 Å². The Bertz CT molecular complexity index is 369. The molecule has 96 valence electrons. The maximum absolute atomic E-state index is 5.70. The van der Waals surface area contributed by atoms with Gasteiger partial charge in [-0.2, -0.15) is 0 Å². The lowest BCUT2D eigenvalue weighted by atomic mass is 9.86. The zero-order valence-corrected chi connectivity index (χ0v) is 11.9. The molecule has 0 amide bonds. The van der Waals surface area contributed by atoms with Crippen molar-refractivity contribution in [3.05, 3.63) is 34.9 Å². The Morgan fingerprint density at radius 2 is 1.94 bits per heavy atom. The molecule has 0 saturated carbocycles. The second-order valence-corrected chi connectivity index (χ2v) is 4.94. The molecule has 2 unspecified atom stereocenters. The van der Waals surface area contributed by atoms with E-state index in [-0.39, 0.29) is 11.6 Å². The summed E-state index contributed by atoms with van der Waals surface area (Å²) in [4.78, 5) is 0. The normalized spacial score (nSPS) is 16.6. The van der Waals surface area contributed by atoms with Gasteiger partial charge in [-0.1, -0.05) is 25.1 Å². The fourth-order valence-corrected chi connectivity index (χ4v) is 2.24. The van der Waals surface area contributed by atoms with Gasteiger partial charge < -0.3 is 10.1 Å². The molecule has 1 aromatic carbocycles.